The first-order chi connectivity index (χ1) is 6.50. The summed E-state index contributed by atoms with van der Waals surface area (Å²) in [6.45, 7) is 1.32. The maximum absolute atomic E-state index is 11.3. The van der Waals surface area contributed by atoms with Crippen molar-refractivity contribution in [3.63, 3.8) is 0 Å². The van der Waals surface area contributed by atoms with E-state index in [2.05, 4.69) is 4.99 Å². The topological polar surface area (TPSA) is 112 Å². The summed E-state index contributed by atoms with van der Waals surface area (Å²) in [5.41, 5.74) is 10.3. The number of piperazine rings is 1. The largest absolute Gasteiger partial charge is 0.370 e. The molecule has 1 fully saturated rings. The molecule has 0 saturated carbocycles. The first-order valence-corrected chi connectivity index (χ1v) is 4.18. The number of aliphatic imine (C=N–C) groups is 1. The molecule has 0 aromatic heterocycles. The third-order valence-electron chi connectivity index (χ3n) is 1.99. The van der Waals surface area contributed by atoms with Crippen molar-refractivity contribution in [3.8, 4) is 0 Å². The molecule has 0 aromatic rings. The Morgan fingerprint density at radius 2 is 2.14 bits per heavy atom. The molecule has 0 bridgehead atoms. The summed E-state index contributed by atoms with van der Waals surface area (Å²) in [6.07, 6.45) is 0. The van der Waals surface area contributed by atoms with Crippen molar-refractivity contribution in [2.24, 2.45) is 16.5 Å². The maximum Gasteiger partial charge on any atom is 0.242 e. The molecule has 1 rings (SSSR count). The van der Waals surface area contributed by atoms with E-state index in [1.807, 2.05) is 0 Å². The van der Waals surface area contributed by atoms with Crippen molar-refractivity contribution in [2.75, 3.05) is 26.7 Å². The Kier molecular flexibility index (Phi) is 2.90. The molecule has 78 valence electrons. The summed E-state index contributed by atoms with van der Waals surface area (Å²) in [5, 5.41) is 7.48. The second kappa shape index (κ2) is 3.95. The lowest BCUT2D eigenvalue weighted by Gasteiger charge is -2.31. The average molecular weight is 198 g/mol. The number of rotatable bonds is 0. The fourth-order valence-electron chi connectivity index (χ4n) is 1.13. The molecule has 0 atom stereocenters. The Morgan fingerprint density at radius 1 is 1.50 bits per heavy atom. The third-order valence-corrected chi connectivity index (χ3v) is 1.99. The molecule has 0 aliphatic carbocycles. The number of nitrogens with one attached hydrogen (secondary N) is 1. The van der Waals surface area contributed by atoms with Crippen LogP contribution in [-0.2, 0) is 4.79 Å². The number of amides is 1. The van der Waals surface area contributed by atoms with Crippen LogP contribution in [0.5, 0.6) is 0 Å². The van der Waals surface area contributed by atoms with Crippen LogP contribution in [0.25, 0.3) is 0 Å². The van der Waals surface area contributed by atoms with Crippen LogP contribution in [0.3, 0.4) is 0 Å². The van der Waals surface area contributed by atoms with Crippen molar-refractivity contribution >= 4 is 17.8 Å². The Balaban J connectivity index is 2.59. The van der Waals surface area contributed by atoms with Crippen LogP contribution in [0.4, 0.5) is 0 Å². The molecule has 0 spiro atoms. The third kappa shape index (κ3) is 2.35. The van der Waals surface area contributed by atoms with Gasteiger partial charge in [-0.25, -0.2) is 0 Å². The number of nitrogens with zero attached hydrogens (tertiary/aromatic N) is 3. The number of carbonyl (C=O) groups excluding carboxylic acids is 1. The lowest BCUT2D eigenvalue weighted by atomic mass is 10.3. The van der Waals surface area contributed by atoms with Gasteiger partial charge < -0.3 is 21.3 Å². The van der Waals surface area contributed by atoms with E-state index in [4.69, 9.17) is 16.9 Å². The van der Waals surface area contributed by atoms with Crippen LogP contribution in [0.2, 0.25) is 0 Å². The maximum atomic E-state index is 11.3. The molecule has 5 N–H and O–H groups in total. The van der Waals surface area contributed by atoms with E-state index >= 15 is 0 Å². The van der Waals surface area contributed by atoms with E-state index in [1.54, 1.807) is 11.9 Å². The van der Waals surface area contributed by atoms with Gasteiger partial charge in [0.15, 0.2) is 5.96 Å². The molecule has 0 radical (unpaired) electrons. The number of guanidine groups is 2. The highest BCUT2D eigenvalue weighted by atomic mass is 16.2. The predicted octanol–water partition coefficient (Wildman–Crippen LogP) is -2.03. The van der Waals surface area contributed by atoms with Crippen molar-refractivity contribution in [1.82, 2.24) is 9.80 Å². The molecule has 0 aromatic carbocycles. The number of hydrogen-bond acceptors (Lipinski definition) is 2. The number of nitrogens with two attached hydrogens (primary N) is 2. The number of hydrogen-bond donors (Lipinski definition) is 3. The van der Waals surface area contributed by atoms with Gasteiger partial charge in [0.25, 0.3) is 0 Å². The second-order valence-corrected chi connectivity index (χ2v) is 3.10. The SMILES string of the molecule is CN1CCN(C(=N)N=C(N)N)CC1=O. The Hall–Kier alpha value is -1.79. The van der Waals surface area contributed by atoms with Crippen LogP contribution in [0.1, 0.15) is 0 Å². The van der Waals surface area contributed by atoms with Gasteiger partial charge in [-0.1, -0.05) is 0 Å². The summed E-state index contributed by atoms with van der Waals surface area (Å²) < 4.78 is 0. The molecular weight excluding hydrogens is 184 g/mol. The van der Waals surface area contributed by atoms with E-state index in [-0.39, 0.29) is 24.4 Å². The zero-order valence-corrected chi connectivity index (χ0v) is 8.03. The normalized spacial score (nSPS) is 16.8. The average Bonchev–Trinajstić information content (AvgIpc) is 2.08. The van der Waals surface area contributed by atoms with E-state index in [1.165, 1.54) is 4.90 Å². The van der Waals surface area contributed by atoms with Gasteiger partial charge >= 0.3 is 0 Å². The van der Waals surface area contributed by atoms with E-state index in [9.17, 15) is 4.79 Å². The van der Waals surface area contributed by atoms with Gasteiger partial charge in [0, 0.05) is 20.1 Å². The van der Waals surface area contributed by atoms with Crippen LogP contribution in [-0.4, -0.2) is 54.3 Å². The smallest absolute Gasteiger partial charge is 0.242 e. The van der Waals surface area contributed by atoms with E-state index < -0.39 is 0 Å². The van der Waals surface area contributed by atoms with Crippen LogP contribution >= 0.6 is 0 Å². The van der Waals surface area contributed by atoms with E-state index in [0.29, 0.717) is 13.1 Å². The van der Waals surface area contributed by atoms with Gasteiger partial charge in [-0.05, 0) is 0 Å². The lowest BCUT2D eigenvalue weighted by molar-refractivity contribution is -0.132. The minimum atomic E-state index is -0.165. The summed E-state index contributed by atoms with van der Waals surface area (Å²) >= 11 is 0. The fourth-order valence-corrected chi connectivity index (χ4v) is 1.13. The highest BCUT2D eigenvalue weighted by Crippen LogP contribution is 2.01. The van der Waals surface area contributed by atoms with Gasteiger partial charge in [-0.15, -0.1) is 0 Å². The van der Waals surface area contributed by atoms with Crippen LogP contribution in [0, 0.1) is 5.41 Å². The summed E-state index contributed by atoms with van der Waals surface area (Å²) in [5.74, 6) is -0.264. The Labute approximate surface area is 81.9 Å². The van der Waals surface area contributed by atoms with Crippen molar-refractivity contribution < 1.29 is 4.79 Å². The number of likely N-dealkylation sites (N-methyl/N-ethyl adjacent to an activating group) is 1. The highest BCUT2D eigenvalue weighted by Gasteiger charge is 2.22. The molecule has 1 aliphatic rings. The zero-order chi connectivity index (χ0) is 10.7. The van der Waals surface area contributed by atoms with Gasteiger partial charge in [0.1, 0.15) is 0 Å². The Morgan fingerprint density at radius 3 is 2.64 bits per heavy atom. The lowest BCUT2D eigenvalue weighted by Crippen LogP contribution is -2.50. The minimum Gasteiger partial charge on any atom is -0.370 e. The summed E-state index contributed by atoms with van der Waals surface area (Å²) in [7, 11) is 1.73. The van der Waals surface area contributed by atoms with Gasteiger partial charge in [-0.2, -0.15) is 4.99 Å². The standard InChI is InChI=1S/C7H14N6O/c1-12-2-3-13(4-5(12)14)7(10)11-6(8)9/h2-4H2,1H3,(H5,8,9,10,11). The van der Waals surface area contributed by atoms with Crippen molar-refractivity contribution in [1.29, 1.82) is 5.41 Å². The van der Waals surface area contributed by atoms with Crippen molar-refractivity contribution in [3.05, 3.63) is 0 Å². The first kappa shape index (κ1) is 10.3. The van der Waals surface area contributed by atoms with Crippen LogP contribution < -0.4 is 11.5 Å². The Bertz CT molecular complexity index is 282. The van der Waals surface area contributed by atoms with Crippen molar-refractivity contribution in [2.45, 2.75) is 0 Å². The molecule has 1 heterocycles. The molecule has 7 heteroatoms. The highest BCUT2D eigenvalue weighted by molar-refractivity contribution is 5.94. The van der Waals surface area contributed by atoms with E-state index in [0.717, 1.165) is 0 Å². The zero-order valence-electron chi connectivity index (χ0n) is 8.03. The monoisotopic (exact) mass is 198 g/mol. The molecular formula is C7H14N6O. The molecule has 0 unspecified atom stereocenters. The molecule has 14 heavy (non-hydrogen) atoms. The molecule has 1 saturated heterocycles. The number of carbonyl (C=O) groups is 1. The molecule has 1 aliphatic heterocycles. The summed E-state index contributed by atoms with van der Waals surface area (Å²) in [4.78, 5) is 18.0. The van der Waals surface area contributed by atoms with Gasteiger partial charge in [-0.3, -0.25) is 10.2 Å². The van der Waals surface area contributed by atoms with Gasteiger partial charge in [0.2, 0.25) is 11.9 Å². The van der Waals surface area contributed by atoms with Crippen LogP contribution in [0.15, 0.2) is 4.99 Å². The summed E-state index contributed by atoms with van der Waals surface area (Å²) in [6, 6.07) is 0. The molecule has 7 nitrogen and oxygen atoms in total. The molecule has 1 amide bonds. The quantitative estimate of drug-likeness (QED) is 0.308. The predicted molar refractivity (Wildman–Crippen MR) is 52.7 cm³/mol. The van der Waals surface area contributed by atoms with Gasteiger partial charge in [0.05, 0.1) is 6.54 Å². The first-order valence-electron chi connectivity index (χ1n) is 4.18. The fraction of sp³-hybridized carbons (Fsp3) is 0.571. The second-order valence-electron chi connectivity index (χ2n) is 3.10. The minimum absolute atomic E-state index is 0.0354.